The lowest BCUT2D eigenvalue weighted by Crippen LogP contribution is -2.16. The van der Waals surface area contributed by atoms with Crippen molar-refractivity contribution >= 4 is 5.69 Å². The number of hydrogen-bond donors (Lipinski definition) is 1. The molecule has 0 amide bonds. The van der Waals surface area contributed by atoms with E-state index in [1.54, 1.807) is 11.6 Å². The number of aliphatic hydroxyl groups is 1. The van der Waals surface area contributed by atoms with Crippen LogP contribution in [0.1, 0.15) is 51.0 Å². The molecule has 0 saturated heterocycles. The Bertz CT molecular complexity index is 426. The molecule has 1 aromatic rings. The molecule has 0 aliphatic carbocycles. The van der Waals surface area contributed by atoms with Crippen LogP contribution in [-0.4, -0.2) is 25.9 Å². The summed E-state index contributed by atoms with van der Waals surface area (Å²) in [5.74, 6) is 0. The van der Waals surface area contributed by atoms with Gasteiger partial charge < -0.3 is 5.11 Å². The first kappa shape index (κ1) is 14.6. The maximum atomic E-state index is 11.1. The SMILES string of the molecule is CCCC(O)Cc1c([N+](=O)[O-])c(C)nn1C(C)C. The Morgan fingerprint density at radius 1 is 1.50 bits per heavy atom. The van der Waals surface area contributed by atoms with Crippen LogP contribution in [-0.2, 0) is 6.42 Å². The Labute approximate surface area is 107 Å². The number of aromatic nitrogens is 2. The molecule has 1 aromatic heterocycles. The van der Waals surface area contributed by atoms with Crippen LogP contribution in [0.4, 0.5) is 5.69 Å². The van der Waals surface area contributed by atoms with Crippen LogP contribution in [0.2, 0.25) is 0 Å². The van der Waals surface area contributed by atoms with Gasteiger partial charge in [-0.05, 0) is 27.2 Å². The van der Waals surface area contributed by atoms with Crippen LogP contribution in [0.5, 0.6) is 0 Å². The van der Waals surface area contributed by atoms with Gasteiger partial charge in [0.25, 0.3) is 0 Å². The predicted molar refractivity (Wildman–Crippen MR) is 68.6 cm³/mol. The second kappa shape index (κ2) is 5.95. The van der Waals surface area contributed by atoms with Gasteiger partial charge >= 0.3 is 5.69 Å². The second-order valence-corrected chi connectivity index (χ2v) is 4.82. The van der Waals surface area contributed by atoms with Gasteiger partial charge in [-0.2, -0.15) is 5.10 Å². The smallest absolute Gasteiger partial charge is 0.313 e. The van der Waals surface area contributed by atoms with Crippen LogP contribution in [0.3, 0.4) is 0 Å². The van der Waals surface area contributed by atoms with Gasteiger partial charge in [-0.3, -0.25) is 14.8 Å². The Morgan fingerprint density at radius 3 is 2.56 bits per heavy atom. The summed E-state index contributed by atoms with van der Waals surface area (Å²) in [6, 6.07) is 0.0428. The molecule has 0 radical (unpaired) electrons. The lowest BCUT2D eigenvalue weighted by atomic mass is 10.1. The number of aliphatic hydroxyl groups excluding tert-OH is 1. The van der Waals surface area contributed by atoms with Gasteiger partial charge in [-0.25, -0.2) is 0 Å². The first-order valence-electron chi connectivity index (χ1n) is 6.28. The van der Waals surface area contributed by atoms with Crippen molar-refractivity contribution in [2.45, 2.75) is 59.1 Å². The van der Waals surface area contributed by atoms with E-state index in [2.05, 4.69) is 5.10 Å². The van der Waals surface area contributed by atoms with Gasteiger partial charge in [0, 0.05) is 12.5 Å². The van der Waals surface area contributed by atoms with Gasteiger partial charge in [0.15, 0.2) is 0 Å². The molecule has 18 heavy (non-hydrogen) atoms. The summed E-state index contributed by atoms with van der Waals surface area (Å²) in [6.45, 7) is 7.45. The fourth-order valence-electron chi connectivity index (χ4n) is 2.10. The third kappa shape index (κ3) is 3.07. The van der Waals surface area contributed by atoms with Crippen molar-refractivity contribution in [1.29, 1.82) is 0 Å². The minimum absolute atomic E-state index is 0.0406. The van der Waals surface area contributed by atoms with E-state index in [-0.39, 0.29) is 18.2 Å². The highest BCUT2D eigenvalue weighted by Gasteiger charge is 2.27. The second-order valence-electron chi connectivity index (χ2n) is 4.82. The van der Waals surface area contributed by atoms with Crippen molar-refractivity contribution < 1.29 is 10.0 Å². The molecule has 6 heteroatoms. The molecule has 0 saturated carbocycles. The molecule has 1 rings (SSSR count). The van der Waals surface area contributed by atoms with Crippen LogP contribution in [0, 0.1) is 17.0 Å². The summed E-state index contributed by atoms with van der Waals surface area (Å²) in [4.78, 5) is 10.7. The van der Waals surface area contributed by atoms with Gasteiger partial charge in [0.05, 0.1) is 11.0 Å². The normalized spacial score (nSPS) is 13.0. The molecule has 0 aromatic carbocycles. The standard InChI is InChI=1S/C12H21N3O3/c1-5-6-10(16)7-11-12(15(17)18)9(4)13-14(11)8(2)3/h8,10,16H,5-7H2,1-4H3. The number of nitro groups is 1. The molecule has 102 valence electrons. The highest BCUT2D eigenvalue weighted by molar-refractivity contribution is 5.41. The summed E-state index contributed by atoms with van der Waals surface area (Å²) in [7, 11) is 0. The molecule has 0 aliphatic rings. The Hall–Kier alpha value is -1.43. The Morgan fingerprint density at radius 2 is 2.11 bits per heavy atom. The first-order chi connectivity index (χ1) is 8.38. The van der Waals surface area contributed by atoms with Crippen molar-refractivity contribution in [1.82, 2.24) is 9.78 Å². The topological polar surface area (TPSA) is 81.2 Å². The fourth-order valence-corrected chi connectivity index (χ4v) is 2.10. The van der Waals surface area contributed by atoms with Crippen molar-refractivity contribution in [2.75, 3.05) is 0 Å². The molecular formula is C12H21N3O3. The lowest BCUT2D eigenvalue weighted by Gasteiger charge is -2.13. The Balaban J connectivity index is 3.15. The van der Waals surface area contributed by atoms with Crippen LogP contribution >= 0.6 is 0 Å². The van der Waals surface area contributed by atoms with E-state index in [0.29, 0.717) is 17.8 Å². The van der Waals surface area contributed by atoms with Crippen molar-refractivity contribution in [3.8, 4) is 0 Å². The average molecular weight is 255 g/mol. The Kier molecular flexibility index (Phi) is 4.84. The molecule has 0 bridgehead atoms. The summed E-state index contributed by atoms with van der Waals surface area (Å²) < 4.78 is 1.65. The minimum atomic E-state index is -0.553. The minimum Gasteiger partial charge on any atom is -0.393 e. The van der Waals surface area contributed by atoms with E-state index in [9.17, 15) is 15.2 Å². The summed E-state index contributed by atoms with van der Waals surface area (Å²) in [5.41, 5.74) is 0.972. The summed E-state index contributed by atoms with van der Waals surface area (Å²) in [6.07, 6.45) is 1.22. The molecule has 0 fully saturated rings. The summed E-state index contributed by atoms with van der Waals surface area (Å²) in [5, 5.41) is 25.2. The summed E-state index contributed by atoms with van der Waals surface area (Å²) >= 11 is 0. The van der Waals surface area contributed by atoms with Crippen LogP contribution in [0.15, 0.2) is 0 Å². The number of nitrogens with zero attached hydrogens (tertiary/aromatic N) is 3. The van der Waals surface area contributed by atoms with E-state index < -0.39 is 11.0 Å². The van der Waals surface area contributed by atoms with Crippen LogP contribution in [0.25, 0.3) is 0 Å². The molecule has 1 heterocycles. The maximum Gasteiger partial charge on any atom is 0.313 e. The van der Waals surface area contributed by atoms with Gasteiger partial charge in [-0.15, -0.1) is 0 Å². The van der Waals surface area contributed by atoms with Crippen LogP contribution < -0.4 is 0 Å². The van der Waals surface area contributed by atoms with Gasteiger partial charge in [0.2, 0.25) is 0 Å². The first-order valence-corrected chi connectivity index (χ1v) is 6.28. The van der Waals surface area contributed by atoms with Gasteiger partial charge in [-0.1, -0.05) is 13.3 Å². The van der Waals surface area contributed by atoms with Crippen molar-refractivity contribution in [3.05, 3.63) is 21.5 Å². The zero-order chi connectivity index (χ0) is 13.9. The highest BCUT2D eigenvalue weighted by Crippen LogP contribution is 2.27. The third-order valence-corrected chi connectivity index (χ3v) is 2.87. The van der Waals surface area contributed by atoms with Gasteiger partial charge in [0.1, 0.15) is 11.4 Å². The maximum absolute atomic E-state index is 11.1. The zero-order valence-electron chi connectivity index (χ0n) is 11.4. The zero-order valence-corrected chi connectivity index (χ0v) is 11.4. The lowest BCUT2D eigenvalue weighted by molar-refractivity contribution is -0.386. The van der Waals surface area contributed by atoms with E-state index in [4.69, 9.17) is 0 Å². The largest absolute Gasteiger partial charge is 0.393 e. The number of aryl methyl sites for hydroxylation is 1. The quantitative estimate of drug-likeness (QED) is 0.625. The predicted octanol–water partition coefficient (Wildman–Crippen LogP) is 2.38. The monoisotopic (exact) mass is 255 g/mol. The highest BCUT2D eigenvalue weighted by atomic mass is 16.6. The molecule has 0 spiro atoms. The van der Waals surface area contributed by atoms with Crippen molar-refractivity contribution in [3.63, 3.8) is 0 Å². The fraction of sp³-hybridized carbons (Fsp3) is 0.750. The van der Waals surface area contributed by atoms with E-state index in [0.717, 1.165) is 6.42 Å². The van der Waals surface area contributed by atoms with E-state index in [1.165, 1.54) is 0 Å². The number of hydrogen-bond acceptors (Lipinski definition) is 4. The third-order valence-electron chi connectivity index (χ3n) is 2.87. The van der Waals surface area contributed by atoms with Crippen molar-refractivity contribution in [2.24, 2.45) is 0 Å². The molecule has 6 nitrogen and oxygen atoms in total. The molecule has 1 N–H and O–H groups in total. The van der Waals surface area contributed by atoms with E-state index >= 15 is 0 Å². The molecule has 1 unspecified atom stereocenters. The molecular weight excluding hydrogens is 234 g/mol. The molecule has 1 atom stereocenters. The number of rotatable bonds is 6. The molecule has 0 aliphatic heterocycles. The van der Waals surface area contributed by atoms with E-state index in [1.807, 2.05) is 20.8 Å². The average Bonchev–Trinajstić information content (AvgIpc) is 2.55.